The van der Waals surface area contributed by atoms with Crippen molar-refractivity contribution in [3.63, 3.8) is 0 Å². The van der Waals surface area contributed by atoms with Crippen molar-refractivity contribution in [2.45, 2.75) is 24.8 Å². The average Bonchev–Trinajstić information content (AvgIpc) is 2.95. The Hall–Kier alpha value is -2.73. The maximum atomic E-state index is 14.7. The molecule has 0 radical (unpaired) electrons. The molecule has 0 saturated carbocycles. The molecular formula is C20H19FO5. The highest BCUT2D eigenvalue weighted by atomic mass is 19.1. The number of alkyl halides is 1. The van der Waals surface area contributed by atoms with E-state index in [4.69, 9.17) is 14.2 Å². The van der Waals surface area contributed by atoms with Crippen LogP contribution in [-0.2, 0) is 14.2 Å². The first-order valence-electron chi connectivity index (χ1n) is 8.26. The maximum absolute atomic E-state index is 14.7. The SMILES string of the molecule is CC1(F)COC(COC(=O)c2ccccc2)C1OC(=O)c1ccccc1. The van der Waals surface area contributed by atoms with Crippen LogP contribution in [-0.4, -0.2) is 43.0 Å². The zero-order valence-electron chi connectivity index (χ0n) is 14.3. The second-order valence-corrected chi connectivity index (χ2v) is 6.28. The van der Waals surface area contributed by atoms with E-state index in [2.05, 4.69) is 0 Å². The van der Waals surface area contributed by atoms with Crippen LogP contribution in [0.1, 0.15) is 27.6 Å². The van der Waals surface area contributed by atoms with Gasteiger partial charge in [-0.05, 0) is 31.2 Å². The van der Waals surface area contributed by atoms with Crippen LogP contribution in [0.25, 0.3) is 0 Å². The van der Waals surface area contributed by atoms with E-state index in [1.165, 1.54) is 6.92 Å². The van der Waals surface area contributed by atoms with Gasteiger partial charge in [-0.2, -0.15) is 0 Å². The Morgan fingerprint density at radius 2 is 1.58 bits per heavy atom. The molecular weight excluding hydrogens is 339 g/mol. The van der Waals surface area contributed by atoms with E-state index in [0.29, 0.717) is 11.1 Å². The number of esters is 2. The van der Waals surface area contributed by atoms with Crippen molar-refractivity contribution in [1.82, 2.24) is 0 Å². The monoisotopic (exact) mass is 358 g/mol. The summed E-state index contributed by atoms with van der Waals surface area (Å²) in [5, 5.41) is 0. The standard InChI is InChI=1S/C20H19FO5/c1-20(21)13-25-16(12-24-18(22)14-8-4-2-5-9-14)17(20)26-19(23)15-10-6-3-7-11-15/h2-11,16-17H,12-13H2,1H3. The number of halogens is 1. The number of hydrogen-bond acceptors (Lipinski definition) is 5. The Kier molecular flexibility index (Phi) is 5.32. The Morgan fingerprint density at radius 1 is 1.04 bits per heavy atom. The highest BCUT2D eigenvalue weighted by Crippen LogP contribution is 2.32. The van der Waals surface area contributed by atoms with Crippen molar-refractivity contribution in [3.05, 3.63) is 71.8 Å². The number of rotatable bonds is 5. The lowest BCUT2D eigenvalue weighted by molar-refractivity contribution is -0.0419. The molecule has 0 N–H and O–H groups in total. The van der Waals surface area contributed by atoms with Gasteiger partial charge in [-0.1, -0.05) is 36.4 Å². The summed E-state index contributed by atoms with van der Waals surface area (Å²) in [6.45, 7) is 0.849. The molecule has 1 saturated heterocycles. The fourth-order valence-corrected chi connectivity index (χ4v) is 2.73. The van der Waals surface area contributed by atoms with Crippen molar-refractivity contribution in [3.8, 4) is 0 Å². The molecule has 1 fully saturated rings. The minimum absolute atomic E-state index is 0.208. The van der Waals surface area contributed by atoms with Gasteiger partial charge in [0.15, 0.2) is 11.8 Å². The fraction of sp³-hybridized carbons (Fsp3) is 0.300. The predicted molar refractivity (Wildman–Crippen MR) is 91.6 cm³/mol. The summed E-state index contributed by atoms with van der Waals surface area (Å²) in [7, 11) is 0. The van der Waals surface area contributed by atoms with Crippen molar-refractivity contribution in [2.75, 3.05) is 13.2 Å². The van der Waals surface area contributed by atoms with Gasteiger partial charge in [-0.25, -0.2) is 14.0 Å². The van der Waals surface area contributed by atoms with Crippen LogP contribution in [0.5, 0.6) is 0 Å². The Bertz CT molecular complexity index is 760. The molecule has 0 aromatic heterocycles. The minimum Gasteiger partial charge on any atom is -0.459 e. The first kappa shape index (κ1) is 18.1. The van der Waals surface area contributed by atoms with E-state index < -0.39 is 29.8 Å². The molecule has 3 rings (SSSR count). The van der Waals surface area contributed by atoms with E-state index >= 15 is 0 Å². The summed E-state index contributed by atoms with van der Waals surface area (Å²) >= 11 is 0. The van der Waals surface area contributed by atoms with Gasteiger partial charge < -0.3 is 14.2 Å². The lowest BCUT2D eigenvalue weighted by Gasteiger charge is -2.24. The lowest BCUT2D eigenvalue weighted by Crippen LogP contribution is -2.43. The summed E-state index contributed by atoms with van der Waals surface area (Å²) in [5.74, 6) is -1.20. The van der Waals surface area contributed by atoms with Gasteiger partial charge in [0.1, 0.15) is 12.7 Å². The predicted octanol–water partition coefficient (Wildman–Crippen LogP) is 3.20. The molecule has 0 amide bonds. The van der Waals surface area contributed by atoms with Crippen LogP contribution in [0.3, 0.4) is 0 Å². The molecule has 0 spiro atoms. The highest BCUT2D eigenvalue weighted by Gasteiger charge is 2.50. The van der Waals surface area contributed by atoms with E-state index in [1.54, 1.807) is 60.7 Å². The van der Waals surface area contributed by atoms with Crippen LogP contribution in [0.2, 0.25) is 0 Å². The van der Waals surface area contributed by atoms with Gasteiger partial charge in [0.2, 0.25) is 0 Å². The zero-order valence-corrected chi connectivity index (χ0v) is 14.3. The van der Waals surface area contributed by atoms with E-state index in [-0.39, 0.29) is 13.2 Å². The number of ether oxygens (including phenoxy) is 3. The minimum atomic E-state index is -1.87. The molecule has 1 aliphatic rings. The van der Waals surface area contributed by atoms with E-state index in [0.717, 1.165) is 0 Å². The topological polar surface area (TPSA) is 61.8 Å². The normalized spacial score (nSPS) is 24.8. The van der Waals surface area contributed by atoms with Crippen LogP contribution >= 0.6 is 0 Å². The van der Waals surface area contributed by atoms with Crippen molar-refractivity contribution in [2.24, 2.45) is 0 Å². The maximum Gasteiger partial charge on any atom is 0.338 e. The molecule has 136 valence electrons. The van der Waals surface area contributed by atoms with Gasteiger partial charge in [-0.3, -0.25) is 0 Å². The van der Waals surface area contributed by atoms with Gasteiger partial charge in [0.25, 0.3) is 0 Å². The second kappa shape index (κ2) is 7.66. The van der Waals surface area contributed by atoms with Gasteiger partial charge >= 0.3 is 11.9 Å². The molecule has 3 atom stereocenters. The van der Waals surface area contributed by atoms with Gasteiger partial charge in [0.05, 0.1) is 17.7 Å². The number of carbonyl (C=O) groups is 2. The molecule has 3 unspecified atom stereocenters. The van der Waals surface area contributed by atoms with Crippen molar-refractivity contribution >= 4 is 11.9 Å². The van der Waals surface area contributed by atoms with Crippen LogP contribution < -0.4 is 0 Å². The highest BCUT2D eigenvalue weighted by molar-refractivity contribution is 5.90. The largest absolute Gasteiger partial charge is 0.459 e. The molecule has 1 aliphatic heterocycles. The second-order valence-electron chi connectivity index (χ2n) is 6.28. The molecule has 2 aromatic rings. The fourth-order valence-electron chi connectivity index (χ4n) is 2.73. The summed E-state index contributed by atoms with van der Waals surface area (Å²) in [6, 6.07) is 16.7. The molecule has 6 heteroatoms. The molecule has 2 aromatic carbocycles. The van der Waals surface area contributed by atoms with E-state index in [1.807, 2.05) is 0 Å². The first-order valence-corrected chi connectivity index (χ1v) is 8.26. The third-order valence-electron chi connectivity index (χ3n) is 4.14. The molecule has 5 nitrogen and oxygen atoms in total. The summed E-state index contributed by atoms with van der Waals surface area (Å²) in [5.41, 5.74) is -1.17. The van der Waals surface area contributed by atoms with Crippen LogP contribution in [0, 0.1) is 0 Å². The van der Waals surface area contributed by atoms with Gasteiger partial charge in [-0.15, -0.1) is 0 Å². The number of benzene rings is 2. The molecule has 26 heavy (non-hydrogen) atoms. The number of carbonyl (C=O) groups excluding carboxylic acids is 2. The third-order valence-corrected chi connectivity index (χ3v) is 4.14. The number of hydrogen-bond donors (Lipinski definition) is 0. The van der Waals surface area contributed by atoms with E-state index in [9.17, 15) is 14.0 Å². The quantitative estimate of drug-likeness (QED) is 0.768. The summed E-state index contributed by atoms with van der Waals surface area (Å²) in [6.07, 6.45) is -2.04. The van der Waals surface area contributed by atoms with Crippen LogP contribution in [0.15, 0.2) is 60.7 Å². The molecule has 0 aliphatic carbocycles. The Morgan fingerprint density at radius 3 is 2.15 bits per heavy atom. The molecule has 1 heterocycles. The van der Waals surface area contributed by atoms with Crippen molar-refractivity contribution < 1.29 is 28.2 Å². The van der Waals surface area contributed by atoms with Crippen molar-refractivity contribution in [1.29, 1.82) is 0 Å². The van der Waals surface area contributed by atoms with Crippen LogP contribution in [0.4, 0.5) is 4.39 Å². The van der Waals surface area contributed by atoms with Gasteiger partial charge in [0, 0.05) is 0 Å². The first-order chi connectivity index (χ1) is 12.5. The third kappa shape index (κ3) is 4.08. The molecule has 0 bridgehead atoms. The Labute approximate surface area is 150 Å². The average molecular weight is 358 g/mol. The Balaban J connectivity index is 1.64. The zero-order chi connectivity index (χ0) is 18.6. The summed E-state index contributed by atoms with van der Waals surface area (Å²) in [4.78, 5) is 24.3. The summed E-state index contributed by atoms with van der Waals surface area (Å²) < 4.78 is 30.6. The smallest absolute Gasteiger partial charge is 0.338 e. The lowest BCUT2D eigenvalue weighted by atomic mass is 10.0.